The first-order chi connectivity index (χ1) is 8.74. The van der Waals surface area contributed by atoms with E-state index < -0.39 is 0 Å². The molecule has 3 nitrogen and oxygen atoms in total. The molecule has 0 amide bonds. The molecule has 0 radical (unpaired) electrons. The van der Waals surface area contributed by atoms with E-state index in [0.717, 1.165) is 16.4 Å². The Kier molecular flexibility index (Phi) is 3.46. The fourth-order valence-electron chi connectivity index (χ4n) is 1.66. The summed E-state index contributed by atoms with van der Waals surface area (Å²) in [6, 6.07) is 7.96. The number of thioether (sulfide) groups is 1. The predicted molar refractivity (Wildman–Crippen MR) is 75.3 cm³/mol. The van der Waals surface area contributed by atoms with Crippen molar-refractivity contribution in [3.8, 4) is 5.75 Å². The summed E-state index contributed by atoms with van der Waals surface area (Å²) in [5.41, 5.74) is 0. The second-order valence-electron chi connectivity index (χ2n) is 3.73. The first kappa shape index (κ1) is 12.3. The minimum absolute atomic E-state index is 0.157. The van der Waals surface area contributed by atoms with Crippen molar-refractivity contribution in [3.63, 3.8) is 0 Å². The number of nitrogens with zero attached hydrogens (tertiary/aromatic N) is 2. The standard InChI is InChI=1S/C12H8BrClN2OS/c13-7-5-15-12(16-11(7)14)9-6-18-10-4-2-1-3-8(10)17-9/h1-5,9H,6H2. The highest BCUT2D eigenvalue weighted by atomic mass is 79.9. The van der Waals surface area contributed by atoms with Crippen LogP contribution in [0.4, 0.5) is 0 Å². The van der Waals surface area contributed by atoms with Gasteiger partial charge in [0.05, 0.1) is 4.47 Å². The van der Waals surface area contributed by atoms with E-state index in [0.29, 0.717) is 15.5 Å². The van der Waals surface area contributed by atoms with Gasteiger partial charge in [0, 0.05) is 16.8 Å². The number of benzene rings is 1. The summed E-state index contributed by atoms with van der Waals surface area (Å²) in [4.78, 5) is 9.64. The van der Waals surface area contributed by atoms with Crippen LogP contribution in [0.2, 0.25) is 5.15 Å². The third-order valence-electron chi connectivity index (χ3n) is 2.52. The van der Waals surface area contributed by atoms with E-state index >= 15 is 0 Å². The molecule has 1 aliphatic heterocycles. The van der Waals surface area contributed by atoms with E-state index in [9.17, 15) is 0 Å². The van der Waals surface area contributed by atoms with Crippen LogP contribution in [0, 0.1) is 0 Å². The third-order valence-corrected chi connectivity index (χ3v) is 4.73. The lowest BCUT2D eigenvalue weighted by atomic mass is 10.3. The molecule has 2 aromatic rings. The Morgan fingerprint density at radius 3 is 3.06 bits per heavy atom. The molecule has 1 aliphatic rings. The molecule has 0 bridgehead atoms. The van der Waals surface area contributed by atoms with Crippen LogP contribution in [0.15, 0.2) is 39.8 Å². The Morgan fingerprint density at radius 2 is 2.22 bits per heavy atom. The molecule has 1 aromatic heterocycles. The molecule has 0 saturated carbocycles. The van der Waals surface area contributed by atoms with Crippen molar-refractivity contribution in [1.82, 2.24) is 9.97 Å². The summed E-state index contributed by atoms with van der Waals surface area (Å²) in [5, 5.41) is 0.410. The fraction of sp³-hybridized carbons (Fsp3) is 0.167. The van der Waals surface area contributed by atoms with E-state index in [1.807, 2.05) is 24.3 Å². The van der Waals surface area contributed by atoms with Gasteiger partial charge >= 0.3 is 0 Å². The highest BCUT2D eigenvalue weighted by molar-refractivity contribution is 9.10. The first-order valence-corrected chi connectivity index (χ1v) is 7.46. The maximum absolute atomic E-state index is 5.97. The largest absolute Gasteiger partial charge is 0.480 e. The number of fused-ring (bicyclic) bond motifs is 1. The second kappa shape index (κ2) is 5.07. The highest BCUT2D eigenvalue weighted by Gasteiger charge is 2.24. The summed E-state index contributed by atoms with van der Waals surface area (Å²) in [5.74, 6) is 2.28. The van der Waals surface area contributed by atoms with Crippen molar-refractivity contribution in [2.24, 2.45) is 0 Å². The number of hydrogen-bond donors (Lipinski definition) is 0. The summed E-state index contributed by atoms with van der Waals surface area (Å²) in [6.07, 6.45) is 1.50. The van der Waals surface area contributed by atoms with Crippen molar-refractivity contribution in [3.05, 3.63) is 45.9 Å². The molecule has 0 saturated heterocycles. The van der Waals surface area contributed by atoms with E-state index in [1.165, 1.54) is 0 Å². The van der Waals surface area contributed by atoms with Gasteiger partial charge in [-0.05, 0) is 28.1 Å². The SMILES string of the molecule is Clc1nc(C2CSc3ccccc3O2)ncc1Br. The number of halogens is 2. The summed E-state index contributed by atoms with van der Waals surface area (Å²) in [6.45, 7) is 0. The Bertz CT molecular complexity index is 596. The lowest BCUT2D eigenvalue weighted by Gasteiger charge is -2.24. The molecule has 0 N–H and O–H groups in total. The average Bonchev–Trinajstić information content (AvgIpc) is 2.41. The third kappa shape index (κ3) is 2.35. The summed E-state index contributed by atoms with van der Waals surface area (Å²) in [7, 11) is 0. The predicted octanol–water partition coefficient (Wildman–Crippen LogP) is 4.12. The van der Waals surface area contributed by atoms with E-state index in [4.69, 9.17) is 16.3 Å². The molecule has 1 aromatic carbocycles. The lowest BCUT2D eigenvalue weighted by molar-refractivity contribution is 0.210. The minimum Gasteiger partial charge on any atom is -0.480 e. The van der Waals surface area contributed by atoms with Gasteiger partial charge in [0.25, 0.3) is 0 Å². The highest BCUT2D eigenvalue weighted by Crippen LogP contribution is 2.39. The Morgan fingerprint density at radius 1 is 1.39 bits per heavy atom. The van der Waals surface area contributed by atoms with Crippen LogP contribution in [0.25, 0.3) is 0 Å². The molecule has 18 heavy (non-hydrogen) atoms. The smallest absolute Gasteiger partial charge is 0.171 e. The molecular formula is C12H8BrClN2OS. The molecule has 0 aliphatic carbocycles. The average molecular weight is 344 g/mol. The summed E-state index contributed by atoms with van der Waals surface area (Å²) < 4.78 is 6.58. The molecule has 0 fully saturated rings. The molecule has 0 spiro atoms. The van der Waals surface area contributed by atoms with Crippen LogP contribution in [0.1, 0.15) is 11.9 Å². The number of aromatic nitrogens is 2. The minimum atomic E-state index is -0.157. The van der Waals surface area contributed by atoms with E-state index in [-0.39, 0.29) is 6.10 Å². The van der Waals surface area contributed by atoms with Gasteiger partial charge in [-0.3, -0.25) is 0 Å². The van der Waals surface area contributed by atoms with Crippen LogP contribution in [0.3, 0.4) is 0 Å². The maximum Gasteiger partial charge on any atom is 0.171 e. The normalized spacial score (nSPS) is 18.0. The van der Waals surface area contributed by atoms with Crippen molar-refractivity contribution >= 4 is 39.3 Å². The van der Waals surface area contributed by atoms with E-state index in [2.05, 4.69) is 25.9 Å². The molecule has 1 atom stereocenters. The number of para-hydroxylation sites is 1. The fourth-order valence-corrected chi connectivity index (χ4v) is 2.97. The number of hydrogen-bond acceptors (Lipinski definition) is 4. The first-order valence-electron chi connectivity index (χ1n) is 5.30. The van der Waals surface area contributed by atoms with Gasteiger partial charge in [0.1, 0.15) is 10.9 Å². The zero-order valence-corrected chi connectivity index (χ0v) is 12.3. The van der Waals surface area contributed by atoms with Gasteiger partial charge in [-0.2, -0.15) is 0 Å². The topological polar surface area (TPSA) is 35.0 Å². The van der Waals surface area contributed by atoms with Crippen molar-refractivity contribution in [1.29, 1.82) is 0 Å². The molecule has 6 heteroatoms. The summed E-state index contributed by atoms with van der Waals surface area (Å²) >= 11 is 11.0. The zero-order valence-electron chi connectivity index (χ0n) is 9.14. The number of rotatable bonds is 1. The molecule has 3 rings (SSSR count). The maximum atomic E-state index is 5.97. The van der Waals surface area contributed by atoms with Crippen LogP contribution < -0.4 is 4.74 Å². The zero-order chi connectivity index (χ0) is 12.5. The Hall–Kier alpha value is -0.780. The number of ether oxygens (including phenoxy) is 1. The molecular weight excluding hydrogens is 336 g/mol. The molecule has 92 valence electrons. The van der Waals surface area contributed by atoms with Crippen LogP contribution >= 0.6 is 39.3 Å². The van der Waals surface area contributed by atoms with Crippen molar-refractivity contribution < 1.29 is 4.74 Å². The van der Waals surface area contributed by atoms with Crippen molar-refractivity contribution in [2.45, 2.75) is 11.0 Å². The molecule has 2 heterocycles. The van der Waals surface area contributed by atoms with Crippen molar-refractivity contribution in [2.75, 3.05) is 5.75 Å². The lowest BCUT2D eigenvalue weighted by Crippen LogP contribution is -2.17. The van der Waals surface area contributed by atoms with Crippen LogP contribution in [-0.2, 0) is 0 Å². The van der Waals surface area contributed by atoms with Gasteiger partial charge in [-0.1, -0.05) is 23.7 Å². The quantitative estimate of drug-likeness (QED) is 0.730. The van der Waals surface area contributed by atoms with Gasteiger partial charge < -0.3 is 4.74 Å². The van der Waals surface area contributed by atoms with Crippen LogP contribution in [0.5, 0.6) is 5.75 Å². The Balaban J connectivity index is 1.89. The van der Waals surface area contributed by atoms with Crippen LogP contribution in [-0.4, -0.2) is 15.7 Å². The van der Waals surface area contributed by atoms with Gasteiger partial charge in [-0.25, -0.2) is 9.97 Å². The van der Waals surface area contributed by atoms with Gasteiger partial charge in [-0.15, -0.1) is 11.8 Å². The molecule has 1 unspecified atom stereocenters. The van der Waals surface area contributed by atoms with E-state index in [1.54, 1.807) is 18.0 Å². The Labute approximate surface area is 122 Å². The monoisotopic (exact) mass is 342 g/mol. The second-order valence-corrected chi connectivity index (χ2v) is 6.01. The van der Waals surface area contributed by atoms with Gasteiger partial charge in [0.15, 0.2) is 11.9 Å². The van der Waals surface area contributed by atoms with Gasteiger partial charge in [0.2, 0.25) is 0 Å².